The monoisotopic (exact) mass is 264 g/mol. The van der Waals surface area contributed by atoms with Gasteiger partial charge in [-0.25, -0.2) is 0 Å². The molecule has 0 bridgehead atoms. The quantitative estimate of drug-likeness (QED) is 0.438. The lowest BCUT2D eigenvalue weighted by atomic mass is 10.2. The van der Waals surface area contributed by atoms with E-state index in [0.29, 0.717) is 12.2 Å². The van der Waals surface area contributed by atoms with Gasteiger partial charge in [0.1, 0.15) is 11.4 Å². The molecule has 1 aromatic heterocycles. The molecular weight excluding hydrogens is 252 g/mol. The molecule has 4 N–H and O–H groups in total. The molecule has 0 saturated heterocycles. The van der Waals surface area contributed by atoms with Gasteiger partial charge in [-0.3, -0.25) is 16.0 Å². The van der Waals surface area contributed by atoms with Crippen LogP contribution in [0, 0.1) is 10.1 Å². The zero-order chi connectivity index (χ0) is 13.0. The van der Waals surface area contributed by atoms with Crippen LogP contribution in [0.1, 0.15) is 5.56 Å². The lowest BCUT2D eigenvalue weighted by molar-refractivity contribution is -0.383. The van der Waals surface area contributed by atoms with Gasteiger partial charge in [-0.2, -0.15) is 11.3 Å². The molecule has 0 aliphatic rings. The molecule has 0 radical (unpaired) electrons. The normalized spacial score (nSPS) is 10.1. The average molecular weight is 264 g/mol. The Kier molecular flexibility index (Phi) is 3.75. The third-order valence-corrected chi connectivity index (χ3v) is 3.17. The van der Waals surface area contributed by atoms with E-state index in [2.05, 4.69) is 10.7 Å². The minimum absolute atomic E-state index is 0.0461. The van der Waals surface area contributed by atoms with Crippen LogP contribution in [0.5, 0.6) is 0 Å². The van der Waals surface area contributed by atoms with Crippen molar-refractivity contribution in [3.8, 4) is 0 Å². The zero-order valence-corrected chi connectivity index (χ0v) is 10.2. The van der Waals surface area contributed by atoms with Crippen LogP contribution in [-0.2, 0) is 6.54 Å². The highest BCUT2D eigenvalue weighted by Gasteiger charge is 2.18. The number of nitrogens with zero attached hydrogens (tertiary/aromatic N) is 1. The van der Waals surface area contributed by atoms with Gasteiger partial charge >= 0.3 is 5.69 Å². The minimum atomic E-state index is -0.453. The second-order valence-corrected chi connectivity index (χ2v) is 4.37. The van der Waals surface area contributed by atoms with Crippen molar-refractivity contribution in [2.24, 2.45) is 5.84 Å². The molecule has 2 aromatic rings. The van der Waals surface area contributed by atoms with E-state index in [0.717, 1.165) is 5.56 Å². The number of thiophene rings is 1. The van der Waals surface area contributed by atoms with Crippen molar-refractivity contribution in [2.75, 3.05) is 10.7 Å². The summed E-state index contributed by atoms with van der Waals surface area (Å²) < 4.78 is 0. The van der Waals surface area contributed by atoms with Gasteiger partial charge in [-0.05, 0) is 34.5 Å². The number of hydrogen-bond donors (Lipinski definition) is 3. The number of para-hydroxylation sites is 1. The Morgan fingerprint density at radius 1 is 1.33 bits per heavy atom. The fourth-order valence-electron chi connectivity index (χ4n) is 1.59. The lowest BCUT2D eigenvalue weighted by Gasteiger charge is -2.09. The Morgan fingerprint density at radius 3 is 2.72 bits per heavy atom. The molecular formula is C11H12N4O2S. The zero-order valence-electron chi connectivity index (χ0n) is 9.42. The molecule has 1 heterocycles. The number of nitrogens with one attached hydrogen (secondary N) is 2. The number of nitro benzene ring substituents is 1. The van der Waals surface area contributed by atoms with Gasteiger partial charge < -0.3 is 10.7 Å². The number of anilines is 2. The second-order valence-electron chi connectivity index (χ2n) is 3.59. The topological polar surface area (TPSA) is 93.2 Å². The maximum Gasteiger partial charge on any atom is 0.316 e. The van der Waals surface area contributed by atoms with Crippen LogP contribution in [-0.4, -0.2) is 4.92 Å². The van der Waals surface area contributed by atoms with Gasteiger partial charge in [0.25, 0.3) is 0 Å². The van der Waals surface area contributed by atoms with Crippen molar-refractivity contribution in [3.63, 3.8) is 0 Å². The van der Waals surface area contributed by atoms with E-state index < -0.39 is 4.92 Å². The van der Waals surface area contributed by atoms with Crippen LogP contribution in [0.25, 0.3) is 0 Å². The smallest absolute Gasteiger partial charge is 0.316 e. The van der Waals surface area contributed by atoms with Crippen LogP contribution in [0.15, 0.2) is 35.0 Å². The van der Waals surface area contributed by atoms with Crippen molar-refractivity contribution in [1.29, 1.82) is 0 Å². The van der Waals surface area contributed by atoms with Gasteiger partial charge in [0.2, 0.25) is 0 Å². The Balaban J connectivity index is 2.24. The van der Waals surface area contributed by atoms with Gasteiger partial charge in [-0.15, -0.1) is 0 Å². The molecule has 2 rings (SSSR count). The Labute approximate surface area is 108 Å². The maximum atomic E-state index is 11.0. The summed E-state index contributed by atoms with van der Waals surface area (Å²) >= 11 is 1.59. The molecule has 94 valence electrons. The Hall–Kier alpha value is -2.12. The molecule has 0 amide bonds. The van der Waals surface area contributed by atoms with Crippen LogP contribution < -0.4 is 16.6 Å². The fourth-order valence-corrected chi connectivity index (χ4v) is 2.26. The molecule has 0 fully saturated rings. The van der Waals surface area contributed by atoms with E-state index in [4.69, 9.17) is 5.84 Å². The molecule has 0 aliphatic heterocycles. The summed E-state index contributed by atoms with van der Waals surface area (Å²) in [6, 6.07) is 6.89. The van der Waals surface area contributed by atoms with Crippen LogP contribution in [0.2, 0.25) is 0 Å². The molecule has 7 heteroatoms. The summed E-state index contributed by atoms with van der Waals surface area (Å²) in [6.45, 7) is 0.540. The molecule has 0 saturated carbocycles. The number of benzene rings is 1. The number of hydrogen-bond acceptors (Lipinski definition) is 6. The highest BCUT2D eigenvalue weighted by molar-refractivity contribution is 7.07. The third-order valence-electron chi connectivity index (χ3n) is 2.44. The van der Waals surface area contributed by atoms with E-state index >= 15 is 0 Å². The first kappa shape index (κ1) is 12.3. The van der Waals surface area contributed by atoms with Gasteiger partial charge in [0.05, 0.1) is 4.92 Å². The molecule has 1 aromatic carbocycles. The highest BCUT2D eigenvalue weighted by Crippen LogP contribution is 2.32. The predicted octanol–water partition coefficient (Wildman–Crippen LogP) is 2.55. The van der Waals surface area contributed by atoms with Gasteiger partial charge in [0.15, 0.2) is 0 Å². The summed E-state index contributed by atoms with van der Waals surface area (Å²) in [5.74, 6) is 5.27. The molecule has 0 aliphatic carbocycles. The summed E-state index contributed by atoms with van der Waals surface area (Å²) in [4.78, 5) is 10.6. The molecule has 0 spiro atoms. The van der Waals surface area contributed by atoms with Crippen molar-refractivity contribution in [1.82, 2.24) is 0 Å². The number of hydrazine groups is 1. The first-order valence-electron chi connectivity index (χ1n) is 5.21. The largest absolute Gasteiger partial charge is 0.375 e. The molecule has 6 nitrogen and oxygen atoms in total. The summed E-state index contributed by atoms with van der Waals surface area (Å²) in [6.07, 6.45) is 0. The molecule has 0 unspecified atom stereocenters. The first-order chi connectivity index (χ1) is 8.72. The van der Waals surface area contributed by atoms with Crippen molar-refractivity contribution in [2.45, 2.75) is 6.54 Å². The highest BCUT2D eigenvalue weighted by atomic mass is 32.1. The maximum absolute atomic E-state index is 11.0. The Morgan fingerprint density at radius 2 is 2.11 bits per heavy atom. The van der Waals surface area contributed by atoms with E-state index in [1.54, 1.807) is 29.5 Å². The van der Waals surface area contributed by atoms with E-state index in [-0.39, 0.29) is 11.4 Å². The summed E-state index contributed by atoms with van der Waals surface area (Å²) in [7, 11) is 0. The van der Waals surface area contributed by atoms with Crippen molar-refractivity contribution < 1.29 is 4.92 Å². The van der Waals surface area contributed by atoms with Crippen LogP contribution in [0.4, 0.5) is 17.1 Å². The van der Waals surface area contributed by atoms with Gasteiger partial charge in [-0.1, -0.05) is 6.07 Å². The number of nitrogens with two attached hydrogens (primary N) is 1. The summed E-state index contributed by atoms with van der Waals surface area (Å²) in [5.41, 5.74) is 4.10. The van der Waals surface area contributed by atoms with E-state index in [1.165, 1.54) is 0 Å². The number of nitrogen functional groups attached to an aromatic ring is 1. The minimum Gasteiger partial charge on any atom is -0.375 e. The average Bonchev–Trinajstić information content (AvgIpc) is 2.88. The molecule has 18 heavy (non-hydrogen) atoms. The Bertz CT molecular complexity index is 542. The number of rotatable bonds is 5. The number of nitro groups is 1. The SMILES string of the molecule is NNc1cccc(NCc2ccsc2)c1[N+](=O)[O-]. The third kappa shape index (κ3) is 2.58. The fraction of sp³-hybridized carbons (Fsp3) is 0.0909. The lowest BCUT2D eigenvalue weighted by Crippen LogP contribution is -2.10. The van der Waals surface area contributed by atoms with Crippen LogP contribution in [0.3, 0.4) is 0 Å². The first-order valence-corrected chi connectivity index (χ1v) is 6.15. The standard InChI is InChI=1S/C11H12N4O2S/c12-14-10-3-1-2-9(11(10)15(16)17)13-6-8-4-5-18-7-8/h1-5,7,13-14H,6,12H2. The van der Waals surface area contributed by atoms with Gasteiger partial charge in [0, 0.05) is 6.54 Å². The van der Waals surface area contributed by atoms with E-state index in [9.17, 15) is 10.1 Å². The molecule has 0 atom stereocenters. The van der Waals surface area contributed by atoms with Crippen molar-refractivity contribution in [3.05, 3.63) is 50.7 Å². The second kappa shape index (κ2) is 5.48. The predicted molar refractivity (Wildman–Crippen MR) is 72.6 cm³/mol. The van der Waals surface area contributed by atoms with Crippen LogP contribution >= 0.6 is 11.3 Å². The summed E-state index contributed by atoms with van der Waals surface area (Å²) in [5, 5.41) is 18.0. The van der Waals surface area contributed by atoms with E-state index in [1.807, 2.05) is 16.8 Å². The van der Waals surface area contributed by atoms with Crippen molar-refractivity contribution >= 4 is 28.4 Å².